The van der Waals surface area contributed by atoms with Gasteiger partial charge in [0.15, 0.2) is 0 Å². The Morgan fingerprint density at radius 1 is 1.47 bits per heavy atom. The summed E-state index contributed by atoms with van der Waals surface area (Å²) < 4.78 is 5.14. The van der Waals surface area contributed by atoms with E-state index in [2.05, 4.69) is 11.9 Å². The third kappa shape index (κ3) is 4.49. The van der Waals surface area contributed by atoms with Crippen molar-refractivity contribution < 1.29 is 9.53 Å². The molecule has 0 aliphatic carbocycles. The van der Waals surface area contributed by atoms with Gasteiger partial charge in [0.1, 0.15) is 5.60 Å². The first-order valence-corrected chi connectivity index (χ1v) is 5.61. The van der Waals surface area contributed by atoms with Crippen LogP contribution in [0.3, 0.4) is 0 Å². The highest BCUT2D eigenvalue weighted by Crippen LogP contribution is 2.24. The molecule has 92 valence electrons. The molecule has 0 aliphatic heterocycles. The standard InChI is InChI=1S/C13H16ClNO2/c1-5-9-6-7-10(14)11(8-9)15-12(16)17-13(2,3)4/h5-8H,1H2,2-4H3,(H,15,16). The van der Waals surface area contributed by atoms with E-state index in [0.29, 0.717) is 10.7 Å². The van der Waals surface area contributed by atoms with E-state index in [1.165, 1.54) is 0 Å². The molecule has 3 nitrogen and oxygen atoms in total. The fourth-order valence-electron chi connectivity index (χ4n) is 1.18. The summed E-state index contributed by atoms with van der Waals surface area (Å²) in [7, 11) is 0. The molecule has 0 atom stereocenters. The van der Waals surface area contributed by atoms with Crippen molar-refractivity contribution >= 4 is 29.5 Å². The van der Waals surface area contributed by atoms with Crippen LogP contribution < -0.4 is 5.32 Å². The van der Waals surface area contributed by atoms with Crippen molar-refractivity contribution in [3.63, 3.8) is 0 Å². The number of amides is 1. The van der Waals surface area contributed by atoms with E-state index in [4.69, 9.17) is 16.3 Å². The summed E-state index contributed by atoms with van der Waals surface area (Å²) in [5.41, 5.74) is 0.853. The van der Waals surface area contributed by atoms with Gasteiger partial charge in [-0.2, -0.15) is 0 Å². The maximum Gasteiger partial charge on any atom is 0.412 e. The summed E-state index contributed by atoms with van der Waals surface area (Å²) in [6, 6.07) is 5.25. The molecule has 1 aromatic carbocycles. The van der Waals surface area contributed by atoms with E-state index in [9.17, 15) is 4.79 Å². The zero-order chi connectivity index (χ0) is 13.1. The molecular formula is C13H16ClNO2. The van der Waals surface area contributed by atoms with Crippen molar-refractivity contribution in [2.45, 2.75) is 26.4 Å². The summed E-state index contributed by atoms with van der Waals surface area (Å²) in [5.74, 6) is 0. The second-order valence-electron chi connectivity index (χ2n) is 4.57. The van der Waals surface area contributed by atoms with Crippen molar-refractivity contribution in [2.75, 3.05) is 5.32 Å². The van der Waals surface area contributed by atoms with Crippen LogP contribution in [0.5, 0.6) is 0 Å². The lowest BCUT2D eigenvalue weighted by Gasteiger charge is -2.20. The van der Waals surface area contributed by atoms with Gasteiger partial charge in [-0.25, -0.2) is 4.79 Å². The largest absolute Gasteiger partial charge is 0.444 e. The third-order valence-electron chi connectivity index (χ3n) is 1.86. The van der Waals surface area contributed by atoms with Crippen LogP contribution in [0.25, 0.3) is 6.08 Å². The number of benzene rings is 1. The SMILES string of the molecule is C=Cc1ccc(Cl)c(NC(=O)OC(C)(C)C)c1. The molecule has 0 saturated heterocycles. The minimum Gasteiger partial charge on any atom is -0.444 e. The summed E-state index contributed by atoms with van der Waals surface area (Å²) in [6.45, 7) is 9.05. The van der Waals surface area contributed by atoms with Gasteiger partial charge >= 0.3 is 6.09 Å². The molecule has 1 amide bonds. The first-order chi connectivity index (χ1) is 7.81. The molecule has 0 spiro atoms. The number of rotatable bonds is 2. The van der Waals surface area contributed by atoms with Crippen LogP contribution in [-0.4, -0.2) is 11.7 Å². The number of ether oxygens (including phenoxy) is 1. The Labute approximate surface area is 106 Å². The van der Waals surface area contributed by atoms with Gasteiger partial charge in [0.05, 0.1) is 10.7 Å². The summed E-state index contributed by atoms with van der Waals surface area (Å²) in [5, 5.41) is 3.06. The van der Waals surface area contributed by atoms with E-state index in [0.717, 1.165) is 5.56 Å². The lowest BCUT2D eigenvalue weighted by Crippen LogP contribution is -2.27. The van der Waals surface area contributed by atoms with Crippen LogP contribution in [0.2, 0.25) is 5.02 Å². The normalized spacial score (nSPS) is 10.8. The van der Waals surface area contributed by atoms with E-state index in [1.54, 1.807) is 39.0 Å². The summed E-state index contributed by atoms with van der Waals surface area (Å²) >= 11 is 5.96. The van der Waals surface area contributed by atoms with Crippen molar-refractivity contribution in [1.82, 2.24) is 0 Å². The summed E-state index contributed by atoms with van der Waals surface area (Å²) in [4.78, 5) is 11.6. The van der Waals surface area contributed by atoms with Crippen LogP contribution in [-0.2, 0) is 4.74 Å². The zero-order valence-corrected chi connectivity index (χ0v) is 11.0. The predicted octanol–water partition coefficient (Wildman–Crippen LogP) is 4.33. The lowest BCUT2D eigenvalue weighted by molar-refractivity contribution is 0.0636. The Kier molecular flexibility index (Phi) is 4.18. The fourth-order valence-corrected chi connectivity index (χ4v) is 1.34. The van der Waals surface area contributed by atoms with Crippen LogP contribution in [0, 0.1) is 0 Å². The molecule has 0 saturated carbocycles. The smallest absolute Gasteiger partial charge is 0.412 e. The van der Waals surface area contributed by atoms with Gasteiger partial charge in [-0.3, -0.25) is 5.32 Å². The molecule has 0 aromatic heterocycles. The van der Waals surface area contributed by atoms with Gasteiger partial charge in [-0.15, -0.1) is 0 Å². The first-order valence-electron chi connectivity index (χ1n) is 5.24. The number of nitrogens with one attached hydrogen (secondary N) is 1. The third-order valence-corrected chi connectivity index (χ3v) is 2.19. The molecule has 1 N–H and O–H groups in total. The van der Waals surface area contributed by atoms with Gasteiger partial charge in [-0.05, 0) is 38.5 Å². The number of anilines is 1. The van der Waals surface area contributed by atoms with Gasteiger partial charge in [0, 0.05) is 0 Å². The molecule has 0 heterocycles. The Morgan fingerprint density at radius 2 is 2.12 bits per heavy atom. The highest BCUT2D eigenvalue weighted by molar-refractivity contribution is 6.33. The van der Waals surface area contributed by atoms with Crippen LogP contribution in [0.4, 0.5) is 10.5 Å². The van der Waals surface area contributed by atoms with E-state index >= 15 is 0 Å². The maximum atomic E-state index is 11.6. The maximum absolute atomic E-state index is 11.6. The molecular weight excluding hydrogens is 238 g/mol. The Morgan fingerprint density at radius 3 is 2.65 bits per heavy atom. The van der Waals surface area contributed by atoms with Crippen molar-refractivity contribution in [1.29, 1.82) is 0 Å². The molecule has 0 radical (unpaired) electrons. The second kappa shape index (κ2) is 5.23. The Bertz CT molecular complexity index is 436. The molecule has 0 aliphatic rings. The highest BCUT2D eigenvalue weighted by atomic mass is 35.5. The predicted molar refractivity (Wildman–Crippen MR) is 71.4 cm³/mol. The number of carbonyl (C=O) groups excluding carboxylic acids is 1. The molecule has 4 heteroatoms. The zero-order valence-electron chi connectivity index (χ0n) is 10.2. The number of hydrogen-bond donors (Lipinski definition) is 1. The van der Waals surface area contributed by atoms with E-state index < -0.39 is 11.7 Å². The Hall–Kier alpha value is -1.48. The van der Waals surface area contributed by atoms with Gasteiger partial charge < -0.3 is 4.74 Å². The minimum atomic E-state index is -0.535. The van der Waals surface area contributed by atoms with Crippen LogP contribution in [0.1, 0.15) is 26.3 Å². The first kappa shape index (κ1) is 13.6. The van der Waals surface area contributed by atoms with Crippen LogP contribution in [0.15, 0.2) is 24.8 Å². The van der Waals surface area contributed by atoms with E-state index in [-0.39, 0.29) is 0 Å². The second-order valence-corrected chi connectivity index (χ2v) is 4.98. The average molecular weight is 254 g/mol. The van der Waals surface area contributed by atoms with Gasteiger partial charge in [0.2, 0.25) is 0 Å². The molecule has 0 bridgehead atoms. The topological polar surface area (TPSA) is 38.3 Å². The van der Waals surface area contributed by atoms with Crippen molar-refractivity contribution in [2.24, 2.45) is 0 Å². The highest BCUT2D eigenvalue weighted by Gasteiger charge is 2.16. The molecule has 1 rings (SSSR count). The van der Waals surface area contributed by atoms with Gasteiger partial charge in [0.25, 0.3) is 0 Å². The van der Waals surface area contributed by atoms with E-state index in [1.807, 2.05) is 6.07 Å². The molecule has 0 fully saturated rings. The molecule has 17 heavy (non-hydrogen) atoms. The number of carbonyl (C=O) groups is 1. The van der Waals surface area contributed by atoms with Crippen LogP contribution >= 0.6 is 11.6 Å². The molecule has 1 aromatic rings. The lowest BCUT2D eigenvalue weighted by atomic mass is 10.2. The quantitative estimate of drug-likeness (QED) is 0.852. The van der Waals surface area contributed by atoms with Crippen molar-refractivity contribution in [3.8, 4) is 0 Å². The summed E-state index contributed by atoms with van der Waals surface area (Å²) in [6.07, 6.45) is 1.15. The Balaban J connectivity index is 2.81. The minimum absolute atomic E-state index is 0.460. The average Bonchev–Trinajstić information content (AvgIpc) is 2.18. The number of halogens is 1. The van der Waals surface area contributed by atoms with Crippen molar-refractivity contribution in [3.05, 3.63) is 35.4 Å². The van der Waals surface area contributed by atoms with Gasteiger partial charge in [-0.1, -0.05) is 30.3 Å². The fraction of sp³-hybridized carbons (Fsp3) is 0.308. The molecule has 0 unspecified atom stereocenters. The monoisotopic (exact) mass is 253 g/mol. The number of hydrogen-bond acceptors (Lipinski definition) is 2.